The standard InChI is InChI=1S/C11H17N3O5S/c1-11(17)2-4-14(5-3-11)20(18,19)9-6-12-13(7-9)8-10(15)16/h6-7,17H,2-5,8H2,1H3,(H,15,16). The van der Waals surface area contributed by atoms with Crippen LogP contribution in [0.25, 0.3) is 0 Å². The molecule has 1 aromatic heterocycles. The molecule has 1 aliphatic heterocycles. The van der Waals surface area contributed by atoms with Gasteiger partial charge in [0.2, 0.25) is 10.0 Å². The van der Waals surface area contributed by atoms with E-state index in [0.29, 0.717) is 12.8 Å². The van der Waals surface area contributed by atoms with Crippen molar-refractivity contribution in [2.24, 2.45) is 0 Å². The van der Waals surface area contributed by atoms with E-state index in [1.807, 2.05) is 0 Å². The third kappa shape index (κ3) is 3.17. The first kappa shape index (κ1) is 14.9. The summed E-state index contributed by atoms with van der Waals surface area (Å²) in [5.74, 6) is -1.09. The number of hydrogen-bond donors (Lipinski definition) is 2. The average molecular weight is 303 g/mol. The molecule has 2 heterocycles. The molecule has 9 heteroatoms. The monoisotopic (exact) mass is 303 g/mol. The van der Waals surface area contributed by atoms with Crippen molar-refractivity contribution in [2.45, 2.75) is 36.8 Å². The minimum atomic E-state index is -3.68. The number of carboxylic acid groups (broad SMARTS) is 1. The van der Waals surface area contributed by atoms with Crippen molar-refractivity contribution in [2.75, 3.05) is 13.1 Å². The second-order valence-electron chi connectivity index (χ2n) is 5.17. The maximum atomic E-state index is 12.3. The zero-order valence-electron chi connectivity index (χ0n) is 11.1. The van der Waals surface area contributed by atoms with Gasteiger partial charge >= 0.3 is 5.97 Å². The minimum Gasteiger partial charge on any atom is -0.480 e. The van der Waals surface area contributed by atoms with E-state index in [1.165, 1.54) is 10.5 Å². The van der Waals surface area contributed by atoms with E-state index in [2.05, 4.69) is 5.10 Å². The summed E-state index contributed by atoms with van der Waals surface area (Å²) in [7, 11) is -3.68. The highest BCUT2D eigenvalue weighted by Gasteiger charge is 2.34. The quantitative estimate of drug-likeness (QED) is 0.775. The van der Waals surface area contributed by atoms with Gasteiger partial charge in [0.1, 0.15) is 11.4 Å². The van der Waals surface area contributed by atoms with Crippen LogP contribution >= 0.6 is 0 Å². The van der Waals surface area contributed by atoms with Gasteiger partial charge in [0.25, 0.3) is 0 Å². The summed E-state index contributed by atoms with van der Waals surface area (Å²) < 4.78 is 27.0. The fourth-order valence-electron chi connectivity index (χ4n) is 2.06. The van der Waals surface area contributed by atoms with Crippen molar-refractivity contribution >= 4 is 16.0 Å². The van der Waals surface area contributed by atoms with E-state index < -0.39 is 21.6 Å². The number of rotatable bonds is 4. The number of aromatic nitrogens is 2. The van der Waals surface area contributed by atoms with Crippen LogP contribution in [0, 0.1) is 0 Å². The van der Waals surface area contributed by atoms with Gasteiger partial charge in [-0.1, -0.05) is 0 Å². The Kier molecular flexibility index (Phi) is 3.85. The summed E-state index contributed by atoms with van der Waals surface area (Å²) in [4.78, 5) is 10.5. The van der Waals surface area contributed by atoms with E-state index in [0.717, 1.165) is 10.9 Å². The fourth-order valence-corrected chi connectivity index (χ4v) is 3.46. The van der Waals surface area contributed by atoms with Crippen LogP contribution in [0.4, 0.5) is 0 Å². The van der Waals surface area contributed by atoms with Gasteiger partial charge in [-0.05, 0) is 19.8 Å². The maximum absolute atomic E-state index is 12.3. The molecule has 0 bridgehead atoms. The smallest absolute Gasteiger partial charge is 0.325 e. The molecule has 112 valence electrons. The Morgan fingerprint density at radius 2 is 2.05 bits per heavy atom. The highest BCUT2D eigenvalue weighted by atomic mass is 32.2. The van der Waals surface area contributed by atoms with Crippen LogP contribution in [0.5, 0.6) is 0 Å². The van der Waals surface area contributed by atoms with Gasteiger partial charge < -0.3 is 10.2 Å². The molecule has 8 nitrogen and oxygen atoms in total. The Bertz CT molecular complexity index is 597. The molecule has 0 aromatic carbocycles. The molecule has 0 amide bonds. The summed E-state index contributed by atoms with van der Waals surface area (Å²) >= 11 is 0. The molecular formula is C11H17N3O5S. The van der Waals surface area contributed by atoms with Gasteiger partial charge in [-0.3, -0.25) is 9.48 Å². The lowest BCUT2D eigenvalue weighted by atomic mass is 9.95. The van der Waals surface area contributed by atoms with Crippen molar-refractivity contribution in [1.29, 1.82) is 0 Å². The molecular weight excluding hydrogens is 286 g/mol. The lowest BCUT2D eigenvalue weighted by Gasteiger charge is -2.34. The van der Waals surface area contributed by atoms with Crippen molar-refractivity contribution in [1.82, 2.24) is 14.1 Å². The lowest BCUT2D eigenvalue weighted by molar-refractivity contribution is -0.137. The number of carboxylic acids is 1. The molecule has 0 saturated carbocycles. The van der Waals surface area contributed by atoms with E-state index in [1.54, 1.807) is 6.92 Å². The summed E-state index contributed by atoms with van der Waals surface area (Å²) in [5, 5.41) is 22.2. The Balaban J connectivity index is 2.14. The first-order chi connectivity index (χ1) is 9.21. The maximum Gasteiger partial charge on any atom is 0.325 e. The molecule has 2 N–H and O–H groups in total. The van der Waals surface area contributed by atoms with Crippen LogP contribution in [-0.4, -0.2) is 57.4 Å². The molecule has 0 spiro atoms. The first-order valence-corrected chi connectivity index (χ1v) is 7.61. The average Bonchev–Trinajstić information content (AvgIpc) is 2.76. The van der Waals surface area contributed by atoms with Crippen LogP contribution < -0.4 is 0 Å². The van der Waals surface area contributed by atoms with Crippen molar-refractivity contribution in [3.05, 3.63) is 12.4 Å². The van der Waals surface area contributed by atoms with Gasteiger partial charge in [-0.25, -0.2) is 8.42 Å². The number of hydrogen-bond acceptors (Lipinski definition) is 5. The predicted octanol–water partition coefficient (Wildman–Crippen LogP) is -0.497. The highest BCUT2D eigenvalue weighted by molar-refractivity contribution is 7.89. The topological polar surface area (TPSA) is 113 Å². The van der Waals surface area contributed by atoms with Crippen molar-refractivity contribution < 1.29 is 23.4 Å². The van der Waals surface area contributed by atoms with Crippen LogP contribution in [0.1, 0.15) is 19.8 Å². The molecule has 2 rings (SSSR count). The van der Waals surface area contributed by atoms with Gasteiger partial charge in [-0.15, -0.1) is 0 Å². The van der Waals surface area contributed by atoms with Crippen LogP contribution in [0.2, 0.25) is 0 Å². The van der Waals surface area contributed by atoms with Crippen LogP contribution in [0.3, 0.4) is 0 Å². The third-order valence-corrected chi connectivity index (χ3v) is 5.20. The number of aliphatic hydroxyl groups is 1. The number of nitrogens with zero attached hydrogens (tertiary/aromatic N) is 3. The molecule has 0 atom stereocenters. The van der Waals surface area contributed by atoms with Crippen LogP contribution in [0.15, 0.2) is 17.3 Å². The zero-order chi connectivity index (χ0) is 15.0. The Labute approximate surface area is 116 Å². The van der Waals surface area contributed by atoms with Gasteiger partial charge in [0.05, 0.1) is 11.8 Å². The number of carbonyl (C=O) groups is 1. The largest absolute Gasteiger partial charge is 0.480 e. The predicted molar refractivity (Wildman–Crippen MR) is 68.5 cm³/mol. The third-order valence-electron chi connectivity index (χ3n) is 3.34. The second kappa shape index (κ2) is 5.15. The first-order valence-electron chi connectivity index (χ1n) is 6.17. The van der Waals surface area contributed by atoms with Crippen LogP contribution in [-0.2, 0) is 21.4 Å². The van der Waals surface area contributed by atoms with E-state index in [4.69, 9.17) is 5.11 Å². The molecule has 0 radical (unpaired) electrons. The molecule has 0 aliphatic carbocycles. The molecule has 0 unspecified atom stereocenters. The molecule has 1 aromatic rings. The molecule has 1 fully saturated rings. The molecule has 20 heavy (non-hydrogen) atoms. The second-order valence-corrected chi connectivity index (χ2v) is 7.11. The normalized spacial score (nSPS) is 19.9. The van der Waals surface area contributed by atoms with Gasteiger partial charge in [0, 0.05) is 19.3 Å². The van der Waals surface area contributed by atoms with E-state index in [9.17, 15) is 18.3 Å². The summed E-state index contributed by atoms with van der Waals surface area (Å²) in [6, 6.07) is 0. The van der Waals surface area contributed by atoms with Crippen molar-refractivity contribution in [3.63, 3.8) is 0 Å². The SMILES string of the molecule is CC1(O)CCN(S(=O)(=O)c2cnn(CC(=O)O)c2)CC1. The lowest BCUT2D eigenvalue weighted by Crippen LogP contribution is -2.44. The summed E-state index contributed by atoms with van der Waals surface area (Å²) in [5.41, 5.74) is -0.834. The molecule has 1 aliphatic rings. The van der Waals surface area contributed by atoms with E-state index >= 15 is 0 Å². The highest BCUT2D eigenvalue weighted by Crippen LogP contribution is 2.25. The zero-order valence-corrected chi connectivity index (χ0v) is 11.9. The number of piperidine rings is 1. The van der Waals surface area contributed by atoms with Crippen molar-refractivity contribution in [3.8, 4) is 0 Å². The fraction of sp³-hybridized carbons (Fsp3) is 0.636. The summed E-state index contributed by atoms with van der Waals surface area (Å²) in [6.07, 6.45) is 3.09. The Morgan fingerprint density at radius 3 is 2.60 bits per heavy atom. The number of sulfonamides is 1. The Hall–Kier alpha value is -1.45. The Morgan fingerprint density at radius 1 is 1.45 bits per heavy atom. The minimum absolute atomic E-state index is 0.0275. The van der Waals surface area contributed by atoms with E-state index in [-0.39, 0.29) is 24.5 Å². The van der Waals surface area contributed by atoms with Gasteiger partial charge in [-0.2, -0.15) is 9.40 Å². The van der Waals surface area contributed by atoms with Gasteiger partial charge in [0.15, 0.2) is 0 Å². The molecule has 1 saturated heterocycles. The summed E-state index contributed by atoms with van der Waals surface area (Å²) in [6.45, 7) is 1.77. The number of aliphatic carboxylic acids is 1.